The van der Waals surface area contributed by atoms with Crippen LogP contribution in [0, 0.1) is 0 Å². The van der Waals surface area contributed by atoms with Crippen LogP contribution in [-0.4, -0.2) is 15.9 Å². The summed E-state index contributed by atoms with van der Waals surface area (Å²) in [5, 5.41) is 0. The number of rotatable bonds is 3. The molecule has 0 atom stereocenters. The molecule has 114 valence electrons. The van der Waals surface area contributed by atoms with Crippen molar-refractivity contribution in [3.63, 3.8) is 0 Å². The molecular weight excluding hydrogens is 351 g/mol. The maximum absolute atomic E-state index is 12.5. The minimum Gasteiger partial charge on any atom is -0.403 e. The lowest BCUT2D eigenvalue weighted by Gasteiger charge is -2.22. The van der Waals surface area contributed by atoms with Crippen LogP contribution in [0.4, 0.5) is 13.2 Å². The van der Waals surface area contributed by atoms with Gasteiger partial charge in [-0.25, -0.2) is 4.98 Å². The Balaban J connectivity index is 2.57. The van der Waals surface area contributed by atoms with Gasteiger partial charge in [-0.2, -0.15) is 0 Å². The smallest absolute Gasteiger partial charge is 0.403 e. The molecule has 0 aliphatic carbocycles. The van der Waals surface area contributed by atoms with E-state index in [4.69, 9.17) is 5.73 Å². The molecule has 1 heterocycles. The minimum absolute atomic E-state index is 0.210. The Labute approximate surface area is 127 Å². The van der Waals surface area contributed by atoms with Crippen LogP contribution in [0.5, 0.6) is 5.75 Å². The molecule has 8 heteroatoms. The Morgan fingerprint density at radius 2 is 1.95 bits per heavy atom. The van der Waals surface area contributed by atoms with E-state index < -0.39 is 11.9 Å². The van der Waals surface area contributed by atoms with Crippen LogP contribution < -0.4 is 10.5 Å². The number of nitrogens with two attached hydrogens (primary N) is 1. The second-order valence-corrected chi connectivity index (χ2v) is 5.95. The van der Waals surface area contributed by atoms with Crippen LogP contribution in [0.1, 0.15) is 19.5 Å². The first-order valence-corrected chi connectivity index (χ1v) is 6.74. The Morgan fingerprint density at radius 1 is 1.29 bits per heavy atom. The van der Waals surface area contributed by atoms with E-state index in [1.165, 1.54) is 29.2 Å². The number of aromatic nitrogens is 2. The zero-order valence-electron chi connectivity index (χ0n) is 11.3. The molecule has 1 aromatic carbocycles. The summed E-state index contributed by atoms with van der Waals surface area (Å²) in [5.41, 5.74) is 6.02. The lowest BCUT2D eigenvalue weighted by atomic mass is 10.0. The summed E-state index contributed by atoms with van der Waals surface area (Å²) in [6.45, 7) is 3.48. The summed E-state index contributed by atoms with van der Waals surface area (Å²) in [6, 6.07) is 4.37. The largest absolute Gasteiger partial charge is 0.573 e. The van der Waals surface area contributed by atoms with Crippen LogP contribution in [0.3, 0.4) is 0 Å². The first-order valence-electron chi connectivity index (χ1n) is 5.95. The summed E-state index contributed by atoms with van der Waals surface area (Å²) in [4.78, 5) is 3.96. The first kappa shape index (κ1) is 15.8. The van der Waals surface area contributed by atoms with Crippen molar-refractivity contribution in [3.8, 4) is 11.4 Å². The number of hydrogen-bond donors (Lipinski definition) is 1. The molecule has 0 spiro atoms. The van der Waals surface area contributed by atoms with E-state index in [2.05, 4.69) is 25.7 Å². The van der Waals surface area contributed by atoms with Gasteiger partial charge in [-0.15, -0.1) is 13.2 Å². The lowest BCUT2D eigenvalue weighted by molar-refractivity contribution is -0.274. The summed E-state index contributed by atoms with van der Waals surface area (Å²) in [7, 11) is 0. The van der Waals surface area contributed by atoms with E-state index in [1.807, 2.05) is 0 Å². The quantitative estimate of drug-likeness (QED) is 0.903. The summed E-state index contributed by atoms with van der Waals surface area (Å²) >= 11 is 3.13. The molecule has 4 nitrogen and oxygen atoms in total. The fraction of sp³-hybridized carbons (Fsp3) is 0.308. The van der Waals surface area contributed by atoms with E-state index in [-0.39, 0.29) is 11.4 Å². The van der Waals surface area contributed by atoms with Gasteiger partial charge in [0.05, 0.1) is 29.4 Å². The third-order valence-corrected chi connectivity index (χ3v) is 3.20. The molecule has 0 saturated heterocycles. The van der Waals surface area contributed by atoms with Crippen LogP contribution in [0.2, 0.25) is 0 Å². The number of halogens is 4. The normalized spacial score (nSPS) is 12.5. The van der Waals surface area contributed by atoms with Gasteiger partial charge in [-0.3, -0.25) is 4.57 Å². The van der Waals surface area contributed by atoms with Crippen molar-refractivity contribution in [1.29, 1.82) is 0 Å². The van der Waals surface area contributed by atoms with Crippen molar-refractivity contribution >= 4 is 15.9 Å². The number of nitrogens with zero attached hydrogens (tertiary/aromatic N) is 2. The molecule has 0 aliphatic heterocycles. The molecule has 0 unspecified atom stereocenters. The number of benzene rings is 1. The Bertz CT molecular complexity index is 647. The first-order chi connectivity index (χ1) is 9.58. The summed E-state index contributed by atoms with van der Waals surface area (Å²) < 4.78 is 43.7. The van der Waals surface area contributed by atoms with Crippen molar-refractivity contribution in [1.82, 2.24) is 9.55 Å². The molecule has 0 bridgehead atoms. The molecular formula is C13H13BrF3N3O. The van der Waals surface area contributed by atoms with Crippen molar-refractivity contribution in [2.24, 2.45) is 5.73 Å². The second-order valence-electron chi connectivity index (χ2n) is 5.03. The van der Waals surface area contributed by atoms with Gasteiger partial charge >= 0.3 is 6.36 Å². The zero-order chi connectivity index (χ0) is 15.8. The average molecular weight is 364 g/mol. The topological polar surface area (TPSA) is 53.1 Å². The van der Waals surface area contributed by atoms with Gasteiger partial charge < -0.3 is 10.5 Å². The van der Waals surface area contributed by atoms with E-state index in [0.29, 0.717) is 10.2 Å². The van der Waals surface area contributed by atoms with Crippen molar-refractivity contribution < 1.29 is 17.9 Å². The highest BCUT2D eigenvalue weighted by Crippen LogP contribution is 2.33. The van der Waals surface area contributed by atoms with E-state index in [9.17, 15) is 13.2 Å². The van der Waals surface area contributed by atoms with Crippen LogP contribution in [0.25, 0.3) is 5.69 Å². The molecule has 2 N–H and O–H groups in total. The van der Waals surface area contributed by atoms with Crippen molar-refractivity contribution in [2.45, 2.75) is 25.7 Å². The van der Waals surface area contributed by atoms with Gasteiger partial charge in [0.15, 0.2) is 5.75 Å². The number of alkyl halides is 3. The molecule has 0 aliphatic rings. The maximum atomic E-state index is 12.5. The number of ether oxygens (including phenoxy) is 1. The fourth-order valence-electron chi connectivity index (χ4n) is 1.86. The van der Waals surface area contributed by atoms with E-state index >= 15 is 0 Å². The standard InChI is InChI=1S/C13H13BrF3N3O/c1-12(2,18)11-6-19-7-20(11)9-4-3-8(14)5-10(9)21-13(15,16)17/h3-7H,18H2,1-2H3. The average Bonchev–Trinajstić information content (AvgIpc) is 2.75. The van der Waals surface area contributed by atoms with Crippen LogP contribution in [0.15, 0.2) is 35.2 Å². The molecule has 0 radical (unpaired) electrons. The molecule has 2 aromatic rings. The van der Waals surface area contributed by atoms with Gasteiger partial charge in [-0.05, 0) is 32.0 Å². The number of hydrogen-bond acceptors (Lipinski definition) is 3. The third kappa shape index (κ3) is 3.76. The van der Waals surface area contributed by atoms with Crippen molar-refractivity contribution in [3.05, 3.63) is 40.9 Å². The van der Waals surface area contributed by atoms with E-state index in [1.54, 1.807) is 19.9 Å². The highest BCUT2D eigenvalue weighted by molar-refractivity contribution is 9.10. The Kier molecular flexibility index (Phi) is 4.03. The molecule has 1 aromatic heterocycles. The molecule has 2 rings (SSSR count). The number of imidazole rings is 1. The fourth-order valence-corrected chi connectivity index (χ4v) is 2.20. The van der Waals surface area contributed by atoms with Gasteiger partial charge in [0.25, 0.3) is 0 Å². The second kappa shape index (κ2) is 5.34. The highest BCUT2D eigenvalue weighted by atomic mass is 79.9. The van der Waals surface area contributed by atoms with Gasteiger partial charge in [0.2, 0.25) is 0 Å². The monoisotopic (exact) mass is 363 g/mol. The Hall–Kier alpha value is -1.54. The molecule has 0 saturated carbocycles. The van der Waals surface area contributed by atoms with Gasteiger partial charge in [0, 0.05) is 4.47 Å². The molecule has 0 amide bonds. The van der Waals surface area contributed by atoms with Gasteiger partial charge in [-0.1, -0.05) is 15.9 Å². The predicted octanol–water partition coefficient (Wildman–Crippen LogP) is 3.73. The predicted molar refractivity (Wildman–Crippen MR) is 75.2 cm³/mol. The lowest BCUT2D eigenvalue weighted by Crippen LogP contribution is -2.31. The van der Waals surface area contributed by atoms with Crippen LogP contribution >= 0.6 is 15.9 Å². The molecule has 21 heavy (non-hydrogen) atoms. The minimum atomic E-state index is -4.78. The zero-order valence-corrected chi connectivity index (χ0v) is 12.9. The maximum Gasteiger partial charge on any atom is 0.573 e. The summed E-state index contributed by atoms with van der Waals surface area (Å²) in [5.74, 6) is -0.333. The van der Waals surface area contributed by atoms with Crippen molar-refractivity contribution in [2.75, 3.05) is 0 Å². The molecule has 0 fully saturated rings. The van der Waals surface area contributed by atoms with E-state index in [0.717, 1.165) is 0 Å². The highest BCUT2D eigenvalue weighted by Gasteiger charge is 2.33. The van der Waals surface area contributed by atoms with Crippen LogP contribution in [-0.2, 0) is 5.54 Å². The Morgan fingerprint density at radius 3 is 2.52 bits per heavy atom. The SMILES string of the molecule is CC(C)(N)c1cncn1-c1ccc(Br)cc1OC(F)(F)F. The third-order valence-electron chi connectivity index (χ3n) is 2.71. The van der Waals surface area contributed by atoms with Gasteiger partial charge in [0.1, 0.15) is 0 Å². The summed E-state index contributed by atoms with van der Waals surface area (Å²) in [6.07, 6.45) is -1.87.